The molecule has 0 aliphatic heterocycles. The van der Waals surface area contributed by atoms with E-state index in [0.29, 0.717) is 0 Å². The van der Waals surface area contributed by atoms with Crippen LogP contribution in [0.3, 0.4) is 0 Å². The normalized spacial score (nSPS) is 15.5. The van der Waals surface area contributed by atoms with E-state index in [0.717, 1.165) is 5.56 Å². The minimum atomic E-state index is -3.73. The van der Waals surface area contributed by atoms with Crippen LogP contribution in [0.4, 0.5) is 0 Å². The van der Waals surface area contributed by atoms with Crippen LogP contribution in [0.15, 0.2) is 29.2 Å². The second-order valence-electron chi connectivity index (χ2n) is 4.02. The summed E-state index contributed by atoms with van der Waals surface area (Å²) in [5, 5.41) is 0. The fourth-order valence-electron chi connectivity index (χ4n) is 1.18. The zero-order valence-corrected chi connectivity index (χ0v) is 11.0. The largest absolute Gasteiger partial charge is 0.297 e. The molecule has 0 aromatic heterocycles. The second kappa shape index (κ2) is 5.59. The van der Waals surface area contributed by atoms with Crippen LogP contribution >= 0.6 is 0 Å². The van der Waals surface area contributed by atoms with E-state index in [4.69, 9.17) is 10.0 Å². The summed E-state index contributed by atoms with van der Waals surface area (Å²) in [4.78, 5) is 0.152. The highest BCUT2D eigenvalue weighted by molar-refractivity contribution is 7.86. The van der Waals surface area contributed by atoms with Gasteiger partial charge in [0.25, 0.3) is 10.1 Å². The van der Waals surface area contributed by atoms with Crippen molar-refractivity contribution in [2.24, 2.45) is 5.84 Å². The Balaban J connectivity index is 2.85. The molecule has 0 bridgehead atoms. The second-order valence-corrected chi connectivity index (χ2v) is 5.60. The molecule has 1 aromatic carbocycles. The van der Waals surface area contributed by atoms with Crippen LogP contribution in [0.2, 0.25) is 0 Å². The molecule has 0 aliphatic carbocycles. The Bertz CT molecular complexity index is 456. The van der Waals surface area contributed by atoms with Gasteiger partial charge < -0.3 is 0 Å². The van der Waals surface area contributed by atoms with Crippen molar-refractivity contribution in [1.29, 1.82) is 0 Å². The van der Waals surface area contributed by atoms with Crippen molar-refractivity contribution in [2.75, 3.05) is 0 Å². The molecule has 0 heterocycles. The van der Waals surface area contributed by atoms with E-state index in [1.54, 1.807) is 26.0 Å². The first-order chi connectivity index (χ1) is 7.86. The molecule has 0 saturated heterocycles. The molecular formula is C11H18N2O3S. The summed E-state index contributed by atoms with van der Waals surface area (Å²) in [5.41, 5.74) is 3.45. The van der Waals surface area contributed by atoms with Crippen molar-refractivity contribution in [3.8, 4) is 0 Å². The number of rotatable bonds is 5. The maximum absolute atomic E-state index is 11.9. The molecule has 0 saturated carbocycles. The molecule has 17 heavy (non-hydrogen) atoms. The monoisotopic (exact) mass is 258 g/mol. The third-order valence-electron chi connectivity index (χ3n) is 2.56. The van der Waals surface area contributed by atoms with Crippen LogP contribution in [0.1, 0.15) is 19.4 Å². The molecule has 0 radical (unpaired) electrons. The lowest BCUT2D eigenvalue weighted by Gasteiger charge is -2.19. The van der Waals surface area contributed by atoms with Gasteiger partial charge in [-0.15, -0.1) is 0 Å². The standard InChI is InChI=1S/C11H18N2O3S/c1-8-4-6-11(7-5-8)17(14,15)16-10(3)9(2)13-12/h4-7,9-10,13H,12H2,1-3H3/t9-,10-/m0/s1. The van der Waals surface area contributed by atoms with E-state index >= 15 is 0 Å². The maximum Gasteiger partial charge on any atom is 0.297 e. The molecule has 96 valence electrons. The van der Waals surface area contributed by atoms with E-state index in [-0.39, 0.29) is 10.9 Å². The van der Waals surface area contributed by atoms with Crippen molar-refractivity contribution >= 4 is 10.1 Å². The minimum Gasteiger partial charge on any atom is -0.271 e. The topological polar surface area (TPSA) is 81.4 Å². The third-order valence-corrected chi connectivity index (χ3v) is 3.96. The molecule has 0 fully saturated rings. The summed E-state index contributed by atoms with van der Waals surface area (Å²) >= 11 is 0. The first-order valence-corrected chi connectivity index (χ1v) is 6.73. The number of nitrogens with one attached hydrogen (secondary N) is 1. The van der Waals surface area contributed by atoms with Gasteiger partial charge in [0, 0.05) is 6.04 Å². The molecule has 1 rings (SSSR count). The van der Waals surface area contributed by atoms with Gasteiger partial charge in [0.15, 0.2) is 0 Å². The molecule has 0 unspecified atom stereocenters. The summed E-state index contributed by atoms with van der Waals surface area (Å²) in [6.45, 7) is 5.28. The predicted molar refractivity (Wildman–Crippen MR) is 65.7 cm³/mol. The summed E-state index contributed by atoms with van der Waals surface area (Å²) in [5.74, 6) is 5.23. The Morgan fingerprint density at radius 2 is 1.76 bits per heavy atom. The van der Waals surface area contributed by atoms with Crippen molar-refractivity contribution in [1.82, 2.24) is 5.43 Å². The molecule has 5 nitrogen and oxygen atoms in total. The van der Waals surface area contributed by atoms with E-state index < -0.39 is 16.2 Å². The quantitative estimate of drug-likeness (QED) is 0.466. The average molecular weight is 258 g/mol. The highest BCUT2D eigenvalue weighted by Gasteiger charge is 2.22. The van der Waals surface area contributed by atoms with Gasteiger partial charge in [-0.2, -0.15) is 8.42 Å². The lowest BCUT2D eigenvalue weighted by molar-refractivity contribution is 0.186. The van der Waals surface area contributed by atoms with Crippen LogP contribution in [0.25, 0.3) is 0 Å². The van der Waals surface area contributed by atoms with Crippen molar-refractivity contribution < 1.29 is 12.6 Å². The van der Waals surface area contributed by atoms with Gasteiger partial charge in [-0.1, -0.05) is 17.7 Å². The van der Waals surface area contributed by atoms with E-state index in [1.807, 2.05) is 6.92 Å². The van der Waals surface area contributed by atoms with E-state index in [9.17, 15) is 8.42 Å². The Hall–Kier alpha value is -0.950. The van der Waals surface area contributed by atoms with E-state index in [2.05, 4.69) is 5.43 Å². The summed E-state index contributed by atoms with van der Waals surface area (Å²) < 4.78 is 28.8. The smallest absolute Gasteiger partial charge is 0.271 e. The summed E-state index contributed by atoms with van der Waals surface area (Å²) in [6, 6.07) is 6.25. The molecule has 1 aromatic rings. The lowest BCUT2D eigenvalue weighted by Crippen LogP contribution is -2.42. The fraction of sp³-hybridized carbons (Fsp3) is 0.455. The maximum atomic E-state index is 11.9. The highest BCUT2D eigenvalue weighted by atomic mass is 32.2. The minimum absolute atomic E-state index is 0.152. The Labute approximate surface area is 102 Å². The van der Waals surface area contributed by atoms with Crippen LogP contribution in [-0.4, -0.2) is 20.6 Å². The van der Waals surface area contributed by atoms with Crippen molar-refractivity contribution in [3.63, 3.8) is 0 Å². The molecule has 2 atom stereocenters. The zero-order valence-electron chi connectivity index (χ0n) is 10.2. The average Bonchev–Trinajstić information content (AvgIpc) is 2.27. The predicted octanol–water partition coefficient (Wildman–Crippen LogP) is 0.941. The van der Waals surface area contributed by atoms with Crippen LogP contribution in [-0.2, 0) is 14.3 Å². The number of aryl methyl sites for hydroxylation is 1. The summed E-state index contributed by atoms with van der Waals surface area (Å²) in [6.07, 6.45) is -0.536. The molecule has 0 amide bonds. The Morgan fingerprint density at radius 3 is 2.24 bits per heavy atom. The first kappa shape index (κ1) is 14.1. The van der Waals surface area contributed by atoms with Gasteiger partial charge in [-0.3, -0.25) is 15.5 Å². The Morgan fingerprint density at radius 1 is 1.24 bits per heavy atom. The number of hydrazine groups is 1. The SMILES string of the molecule is Cc1ccc(S(=O)(=O)O[C@@H](C)[C@H](C)NN)cc1. The zero-order chi connectivity index (χ0) is 13.1. The first-order valence-electron chi connectivity index (χ1n) is 5.33. The van der Waals surface area contributed by atoms with Crippen molar-refractivity contribution in [3.05, 3.63) is 29.8 Å². The number of hydrogen-bond donors (Lipinski definition) is 2. The van der Waals surface area contributed by atoms with Crippen LogP contribution in [0.5, 0.6) is 0 Å². The Kier molecular flexibility index (Phi) is 4.64. The van der Waals surface area contributed by atoms with E-state index in [1.165, 1.54) is 12.1 Å². The molecular weight excluding hydrogens is 240 g/mol. The number of hydrogen-bond acceptors (Lipinski definition) is 5. The lowest BCUT2D eigenvalue weighted by atomic mass is 10.2. The molecule has 3 N–H and O–H groups in total. The molecule has 0 spiro atoms. The summed E-state index contributed by atoms with van der Waals surface area (Å²) in [7, 11) is -3.73. The number of nitrogens with two attached hydrogens (primary N) is 1. The van der Waals surface area contributed by atoms with Gasteiger partial charge in [0.05, 0.1) is 11.0 Å². The van der Waals surface area contributed by atoms with Gasteiger partial charge in [0.2, 0.25) is 0 Å². The molecule has 0 aliphatic rings. The van der Waals surface area contributed by atoms with Crippen molar-refractivity contribution in [2.45, 2.75) is 37.8 Å². The highest BCUT2D eigenvalue weighted by Crippen LogP contribution is 2.15. The third kappa shape index (κ3) is 3.78. The van der Waals surface area contributed by atoms with Gasteiger partial charge in [0.1, 0.15) is 0 Å². The van der Waals surface area contributed by atoms with Crippen LogP contribution < -0.4 is 11.3 Å². The van der Waals surface area contributed by atoms with Gasteiger partial charge >= 0.3 is 0 Å². The van der Waals surface area contributed by atoms with Gasteiger partial charge in [-0.05, 0) is 32.9 Å². The number of benzene rings is 1. The fourth-order valence-corrected chi connectivity index (χ4v) is 2.33. The van der Waals surface area contributed by atoms with Crippen LogP contribution in [0, 0.1) is 6.92 Å². The van der Waals surface area contributed by atoms with Gasteiger partial charge in [-0.25, -0.2) is 0 Å². The molecule has 6 heteroatoms.